The number of alkyl halides is 1. The Morgan fingerprint density at radius 3 is 2.71 bits per heavy atom. The Labute approximate surface area is 253 Å². The van der Waals surface area contributed by atoms with Gasteiger partial charge < -0.3 is 25.7 Å². The summed E-state index contributed by atoms with van der Waals surface area (Å²) in [6.45, 7) is 2.25. The van der Waals surface area contributed by atoms with Crippen molar-refractivity contribution in [2.24, 2.45) is 28.5 Å². The summed E-state index contributed by atoms with van der Waals surface area (Å²) < 4.78 is 33.1. The van der Waals surface area contributed by atoms with E-state index in [0.717, 1.165) is 24.0 Å². The van der Waals surface area contributed by atoms with Crippen molar-refractivity contribution in [3.05, 3.63) is 74.7 Å². The molecule has 4 N–H and O–H groups in total. The molecule has 42 heavy (non-hydrogen) atoms. The summed E-state index contributed by atoms with van der Waals surface area (Å²) in [7, 11) is 4.17. The summed E-state index contributed by atoms with van der Waals surface area (Å²) in [5.74, 6) is -0.471. The Hall–Kier alpha value is -3.19. The fourth-order valence-corrected chi connectivity index (χ4v) is 6.72. The van der Waals surface area contributed by atoms with E-state index in [2.05, 4.69) is 15.3 Å². The largest absolute Gasteiger partial charge is 0.466 e. The number of halogens is 3. The number of thiazole rings is 1. The van der Waals surface area contributed by atoms with Gasteiger partial charge in [0.05, 0.1) is 30.3 Å². The highest BCUT2D eigenvalue weighted by Crippen LogP contribution is 2.65. The summed E-state index contributed by atoms with van der Waals surface area (Å²) >= 11 is 6.94. The van der Waals surface area contributed by atoms with Crippen LogP contribution in [0.1, 0.15) is 23.4 Å². The number of fused-ring (bicyclic) bond motifs is 1. The van der Waals surface area contributed by atoms with Crippen molar-refractivity contribution in [2.75, 3.05) is 34.4 Å². The maximum Gasteiger partial charge on any atom is 0.337 e. The predicted molar refractivity (Wildman–Crippen MR) is 159 cm³/mol. The van der Waals surface area contributed by atoms with Gasteiger partial charge in [-0.3, -0.25) is 9.89 Å². The van der Waals surface area contributed by atoms with Crippen LogP contribution >= 0.6 is 22.9 Å². The van der Waals surface area contributed by atoms with Gasteiger partial charge in [0.1, 0.15) is 17.8 Å². The number of nitrogens with one attached hydrogen (secondary N) is 1. The Bertz CT molecular complexity index is 1320. The lowest BCUT2D eigenvalue weighted by molar-refractivity contribution is -0.236. The molecule has 2 aromatic rings. The lowest BCUT2D eigenvalue weighted by atomic mass is 9.42. The number of aldehydes is 1. The van der Waals surface area contributed by atoms with Crippen LogP contribution in [0, 0.1) is 30.5 Å². The summed E-state index contributed by atoms with van der Waals surface area (Å²) in [5.41, 5.74) is 6.09. The molecule has 2 fully saturated rings. The number of hydrogen-bond acceptors (Lipinski definition) is 10. The number of aliphatic hydroxyl groups excluding tert-OH is 1. The number of nitrogens with zero attached hydrogens (tertiary/aromatic N) is 3. The van der Waals surface area contributed by atoms with Crippen molar-refractivity contribution in [3.8, 4) is 0 Å². The van der Waals surface area contributed by atoms with Crippen molar-refractivity contribution in [2.45, 2.75) is 31.5 Å². The number of likely N-dealkylation sites (N-methyl/N-ethyl adjacent to an activating group) is 1. The summed E-state index contributed by atoms with van der Waals surface area (Å²) in [6.07, 6.45) is 6.56. The van der Waals surface area contributed by atoms with Gasteiger partial charge in [-0.25, -0.2) is 18.6 Å². The molecule has 2 saturated carbocycles. The third-order valence-corrected chi connectivity index (χ3v) is 9.02. The number of aromatic nitrogens is 1. The Kier molecular flexibility index (Phi) is 11.7. The standard InChI is InChI=1S/C21H26FN5O3S.C7H6ClF.CH4O/c1-27(17-13(3-5-23)16-12(4-7-28)9-21(16,17)22)11-15-14(20(29)30-2)10-25-18(26-15)19-24-6-8-31-19;1-5-3-2-4-6(9)7(5)8;1-2/h3,5-8,12-13,16-17H,4,9-11,23H2,1-2H3,(H,25,26);2-4H,1H3;2H,1H3/b5-3+;;. The van der Waals surface area contributed by atoms with Crippen LogP contribution < -0.4 is 11.1 Å². The van der Waals surface area contributed by atoms with E-state index in [1.165, 1.54) is 30.7 Å². The molecule has 5 unspecified atom stereocenters. The maximum absolute atomic E-state index is 15.7. The molecule has 228 valence electrons. The molecule has 13 heteroatoms. The zero-order valence-electron chi connectivity index (χ0n) is 23.9. The van der Waals surface area contributed by atoms with Gasteiger partial charge in [0.15, 0.2) is 10.8 Å². The number of aliphatic hydroxyl groups is 1. The monoisotopic (exact) mass is 623 g/mol. The number of benzene rings is 1. The summed E-state index contributed by atoms with van der Waals surface area (Å²) in [6, 6.07) is 4.35. The molecule has 2 aliphatic carbocycles. The maximum atomic E-state index is 15.7. The number of aryl methyl sites for hydroxylation is 1. The zero-order chi connectivity index (χ0) is 31.0. The van der Waals surface area contributed by atoms with E-state index >= 15 is 4.39 Å². The van der Waals surface area contributed by atoms with Gasteiger partial charge >= 0.3 is 5.97 Å². The van der Waals surface area contributed by atoms with Crippen LogP contribution in [0.2, 0.25) is 5.02 Å². The number of hydrogen-bond donors (Lipinski definition) is 3. The molecule has 3 aliphatic rings. The van der Waals surface area contributed by atoms with Crippen molar-refractivity contribution < 1.29 is 28.2 Å². The number of methoxy groups -OCH3 is 1. The highest BCUT2D eigenvalue weighted by Gasteiger charge is 2.72. The molecule has 0 saturated heterocycles. The molecular formula is C29H36ClF2N5O4S. The number of rotatable bonds is 8. The normalized spacial score (nSPS) is 25.9. The SMILES string of the molecule is CO.COC(=O)C1=C(CN(C)C2C(/C=C/N)C3C(CC=O)CC32F)NC(c2nccs2)=NC1.Cc1cccc(F)c1Cl. The number of carbonyl (C=O) groups excluding carboxylic acids is 2. The van der Waals surface area contributed by atoms with Crippen molar-refractivity contribution >= 4 is 41.0 Å². The number of amidine groups is 1. The zero-order valence-corrected chi connectivity index (χ0v) is 25.5. The van der Waals surface area contributed by atoms with Gasteiger partial charge in [0.2, 0.25) is 0 Å². The topological polar surface area (TPSA) is 130 Å². The van der Waals surface area contributed by atoms with Crippen molar-refractivity contribution in [3.63, 3.8) is 0 Å². The number of carbonyl (C=O) groups is 2. The first kappa shape index (κ1) is 33.3. The molecule has 0 amide bonds. The van der Waals surface area contributed by atoms with Crippen LogP contribution in [-0.2, 0) is 14.3 Å². The van der Waals surface area contributed by atoms with Crippen LogP contribution in [0.5, 0.6) is 0 Å². The molecule has 2 heterocycles. The van der Waals surface area contributed by atoms with Gasteiger partial charge in [-0.2, -0.15) is 0 Å². The Morgan fingerprint density at radius 2 is 2.14 bits per heavy atom. The number of nitrogens with two attached hydrogens (primary N) is 1. The third kappa shape index (κ3) is 6.72. The molecule has 9 nitrogen and oxygen atoms in total. The van der Waals surface area contributed by atoms with Crippen molar-refractivity contribution in [1.29, 1.82) is 0 Å². The highest BCUT2D eigenvalue weighted by molar-refractivity contribution is 7.11. The van der Waals surface area contributed by atoms with E-state index in [9.17, 15) is 14.0 Å². The number of esters is 1. The Balaban J connectivity index is 0.000000373. The average Bonchev–Trinajstić information content (AvgIpc) is 3.52. The van der Waals surface area contributed by atoms with E-state index in [-0.39, 0.29) is 35.1 Å². The minimum atomic E-state index is -1.36. The minimum Gasteiger partial charge on any atom is -0.466 e. The van der Waals surface area contributed by atoms with Crippen molar-refractivity contribution in [1.82, 2.24) is 15.2 Å². The molecule has 1 aliphatic heterocycles. The molecule has 5 atom stereocenters. The van der Waals surface area contributed by atoms with Gasteiger partial charge in [0, 0.05) is 49.2 Å². The fourth-order valence-electron chi connectivity index (χ4n) is 5.99. The van der Waals surface area contributed by atoms with Crippen LogP contribution in [0.3, 0.4) is 0 Å². The average molecular weight is 624 g/mol. The summed E-state index contributed by atoms with van der Waals surface area (Å²) in [4.78, 5) is 33.9. The highest BCUT2D eigenvalue weighted by atomic mass is 35.5. The van der Waals surface area contributed by atoms with E-state index < -0.39 is 17.7 Å². The second kappa shape index (κ2) is 14.8. The van der Waals surface area contributed by atoms with Gasteiger partial charge in [0.25, 0.3) is 0 Å². The number of aliphatic imine (C=N–C) groups is 1. The molecule has 1 aromatic heterocycles. The van der Waals surface area contributed by atoms with Gasteiger partial charge in [-0.05, 0) is 44.1 Å². The third-order valence-electron chi connectivity index (χ3n) is 7.76. The van der Waals surface area contributed by atoms with Crippen LogP contribution in [-0.4, -0.2) is 79.1 Å². The van der Waals surface area contributed by atoms with Gasteiger partial charge in [-0.15, -0.1) is 11.3 Å². The van der Waals surface area contributed by atoms with Crippen LogP contribution in [0.25, 0.3) is 0 Å². The number of ether oxygens (including phenoxy) is 1. The lowest BCUT2D eigenvalue weighted by Gasteiger charge is -2.68. The predicted octanol–water partition coefficient (Wildman–Crippen LogP) is 3.65. The first-order valence-corrected chi connectivity index (χ1v) is 14.5. The molecule has 0 bridgehead atoms. The molecular weight excluding hydrogens is 588 g/mol. The van der Waals surface area contributed by atoms with Gasteiger partial charge in [-0.1, -0.05) is 29.8 Å². The second-order valence-electron chi connectivity index (χ2n) is 10.1. The minimum absolute atomic E-state index is 0.0506. The molecule has 5 rings (SSSR count). The second-order valence-corrected chi connectivity index (χ2v) is 11.4. The fraction of sp³-hybridized carbons (Fsp3) is 0.448. The lowest BCUT2D eigenvalue weighted by Crippen LogP contribution is -2.77. The molecule has 0 radical (unpaired) electrons. The van der Waals surface area contributed by atoms with Crippen LogP contribution in [0.4, 0.5) is 8.78 Å². The molecule has 1 aromatic carbocycles. The molecule has 0 spiro atoms. The summed E-state index contributed by atoms with van der Waals surface area (Å²) in [5, 5.41) is 13.0. The smallest absolute Gasteiger partial charge is 0.337 e. The van der Waals surface area contributed by atoms with E-state index in [0.29, 0.717) is 36.5 Å². The van der Waals surface area contributed by atoms with E-state index in [4.69, 9.17) is 27.2 Å². The first-order chi connectivity index (χ1) is 20.2. The van der Waals surface area contributed by atoms with E-state index in [1.807, 2.05) is 23.4 Å². The first-order valence-electron chi connectivity index (χ1n) is 13.2. The Morgan fingerprint density at radius 1 is 1.40 bits per heavy atom. The van der Waals surface area contributed by atoms with E-state index in [1.54, 1.807) is 25.3 Å². The van der Waals surface area contributed by atoms with Crippen LogP contribution in [0.15, 0.2) is 58.3 Å². The quantitative estimate of drug-likeness (QED) is 0.300.